The summed E-state index contributed by atoms with van der Waals surface area (Å²) in [5.74, 6) is 0.940. The number of hydrogen-bond acceptors (Lipinski definition) is 4. The molecular weight excluding hydrogens is 232 g/mol. The van der Waals surface area contributed by atoms with Gasteiger partial charge in [0.1, 0.15) is 6.07 Å². The van der Waals surface area contributed by atoms with E-state index < -0.39 is 0 Å². The fourth-order valence-corrected chi connectivity index (χ4v) is 2.32. The van der Waals surface area contributed by atoms with E-state index in [0.29, 0.717) is 5.56 Å². The highest BCUT2D eigenvalue weighted by Crippen LogP contribution is 2.28. The zero-order valence-corrected chi connectivity index (χ0v) is 11.0. The molecule has 0 heterocycles. The van der Waals surface area contributed by atoms with Gasteiger partial charge in [-0.2, -0.15) is 5.26 Å². The second-order valence-corrected chi connectivity index (χ2v) is 4.96. The van der Waals surface area contributed by atoms with Crippen LogP contribution in [-0.2, 0) is 0 Å². The molecule has 0 fully saturated rings. The van der Waals surface area contributed by atoms with Gasteiger partial charge in [0.05, 0.1) is 17.9 Å². The van der Waals surface area contributed by atoms with Gasteiger partial charge in [0.2, 0.25) is 0 Å². The maximum atomic E-state index is 9.22. The molecule has 0 bridgehead atoms. The summed E-state index contributed by atoms with van der Waals surface area (Å²) in [4.78, 5) is 0.993. The van der Waals surface area contributed by atoms with Crippen LogP contribution in [0.25, 0.3) is 0 Å². The van der Waals surface area contributed by atoms with Crippen molar-refractivity contribution in [1.82, 2.24) is 0 Å². The Morgan fingerprint density at radius 2 is 2.24 bits per heavy atom. The van der Waals surface area contributed by atoms with E-state index in [1.54, 1.807) is 11.8 Å². The summed E-state index contributed by atoms with van der Waals surface area (Å²) >= 11 is 1.66. The molecule has 0 aliphatic rings. The van der Waals surface area contributed by atoms with Crippen LogP contribution in [-0.4, -0.2) is 23.5 Å². The van der Waals surface area contributed by atoms with Gasteiger partial charge in [-0.15, -0.1) is 11.8 Å². The van der Waals surface area contributed by atoms with Crippen LogP contribution in [0.2, 0.25) is 0 Å². The summed E-state index contributed by atoms with van der Waals surface area (Å²) in [6.07, 6.45) is 0.826. The molecule has 0 saturated carbocycles. The first kappa shape index (κ1) is 13.9. The van der Waals surface area contributed by atoms with E-state index in [9.17, 15) is 10.4 Å². The van der Waals surface area contributed by atoms with E-state index in [-0.39, 0.29) is 12.6 Å². The Balaban J connectivity index is 2.99. The quantitative estimate of drug-likeness (QED) is 0.762. The number of aliphatic hydroxyl groups is 1. The molecule has 92 valence electrons. The first-order valence-electron chi connectivity index (χ1n) is 5.80. The van der Waals surface area contributed by atoms with Crippen LogP contribution in [0.1, 0.15) is 25.8 Å². The maximum absolute atomic E-state index is 9.22. The molecule has 0 radical (unpaired) electrons. The predicted octanol–water partition coefficient (Wildman–Crippen LogP) is 2.85. The first-order chi connectivity index (χ1) is 8.26. The zero-order valence-electron chi connectivity index (χ0n) is 10.2. The summed E-state index contributed by atoms with van der Waals surface area (Å²) in [6, 6.07) is 8.02. The highest BCUT2D eigenvalue weighted by molar-refractivity contribution is 7.99. The van der Waals surface area contributed by atoms with Crippen LogP contribution in [0.5, 0.6) is 0 Å². The van der Waals surface area contributed by atoms with Crippen LogP contribution >= 0.6 is 11.8 Å². The number of aliphatic hydroxyl groups excluding tert-OH is 1. The van der Waals surface area contributed by atoms with Gasteiger partial charge >= 0.3 is 0 Å². The molecule has 0 aromatic heterocycles. The smallest absolute Gasteiger partial charge is 0.102 e. The first-order valence-corrected chi connectivity index (χ1v) is 6.78. The van der Waals surface area contributed by atoms with Crippen LogP contribution in [0.3, 0.4) is 0 Å². The molecule has 1 rings (SSSR count). The van der Waals surface area contributed by atoms with Gasteiger partial charge in [-0.05, 0) is 24.3 Å². The number of nitrogens with zero attached hydrogens (tertiary/aromatic N) is 1. The van der Waals surface area contributed by atoms with Gasteiger partial charge in [0, 0.05) is 10.9 Å². The van der Waals surface area contributed by atoms with Gasteiger partial charge < -0.3 is 10.4 Å². The van der Waals surface area contributed by atoms with Crippen LogP contribution in [0.4, 0.5) is 5.69 Å². The van der Waals surface area contributed by atoms with Crippen molar-refractivity contribution in [2.75, 3.05) is 17.7 Å². The molecule has 1 atom stereocenters. The van der Waals surface area contributed by atoms with Crippen molar-refractivity contribution in [3.05, 3.63) is 23.8 Å². The zero-order chi connectivity index (χ0) is 12.7. The Labute approximate surface area is 107 Å². The second-order valence-electron chi connectivity index (χ2n) is 3.66. The molecule has 4 heteroatoms. The second kappa shape index (κ2) is 7.21. The van der Waals surface area contributed by atoms with E-state index in [4.69, 9.17) is 0 Å². The molecule has 2 N–H and O–H groups in total. The lowest BCUT2D eigenvalue weighted by atomic mass is 10.1. The fraction of sp³-hybridized carbons (Fsp3) is 0.462. The average molecular weight is 250 g/mol. The van der Waals surface area contributed by atoms with Crippen LogP contribution < -0.4 is 5.32 Å². The minimum Gasteiger partial charge on any atom is -0.394 e. The molecule has 1 aromatic rings. The molecule has 17 heavy (non-hydrogen) atoms. The molecule has 1 aromatic carbocycles. The third-order valence-electron chi connectivity index (χ3n) is 2.51. The molecule has 1 unspecified atom stereocenters. The summed E-state index contributed by atoms with van der Waals surface area (Å²) in [5, 5.41) is 21.6. The predicted molar refractivity (Wildman–Crippen MR) is 72.3 cm³/mol. The lowest BCUT2D eigenvalue weighted by Gasteiger charge is -2.17. The molecule has 0 aliphatic heterocycles. The molecule has 0 spiro atoms. The molecule has 3 nitrogen and oxygen atoms in total. The van der Waals surface area contributed by atoms with E-state index in [2.05, 4.69) is 18.3 Å². The summed E-state index contributed by atoms with van der Waals surface area (Å²) < 4.78 is 0. The van der Waals surface area contributed by atoms with Crippen molar-refractivity contribution in [3.8, 4) is 6.07 Å². The molecule has 0 amide bonds. The van der Waals surface area contributed by atoms with Gasteiger partial charge in [0.15, 0.2) is 0 Å². The van der Waals surface area contributed by atoms with E-state index in [1.807, 2.05) is 25.1 Å². The van der Waals surface area contributed by atoms with Crippen molar-refractivity contribution >= 4 is 17.4 Å². The Hall–Kier alpha value is -1.18. The normalized spacial score (nSPS) is 11.9. The summed E-state index contributed by atoms with van der Waals surface area (Å²) in [5.41, 5.74) is 1.48. The maximum Gasteiger partial charge on any atom is 0.102 e. The Kier molecular flexibility index (Phi) is 5.88. The third kappa shape index (κ3) is 3.65. The molecule has 0 saturated heterocycles. The fourth-order valence-electron chi connectivity index (χ4n) is 1.54. The van der Waals surface area contributed by atoms with Crippen LogP contribution in [0, 0.1) is 11.3 Å². The van der Waals surface area contributed by atoms with Gasteiger partial charge in [-0.1, -0.05) is 19.9 Å². The lowest BCUT2D eigenvalue weighted by molar-refractivity contribution is 0.272. The van der Waals surface area contributed by atoms with Gasteiger partial charge in [-0.25, -0.2) is 0 Å². The minimum atomic E-state index is 0.00368. The number of nitriles is 1. The number of hydrogen-bond donors (Lipinski definition) is 2. The average Bonchev–Trinajstić information content (AvgIpc) is 2.36. The van der Waals surface area contributed by atoms with Gasteiger partial charge in [-0.3, -0.25) is 0 Å². The van der Waals surface area contributed by atoms with Crippen molar-refractivity contribution < 1.29 is 5.11 Å². The molecular formula is C13H18N2OS. The third-order valence-corrected chi connectivity index (χ3v) is 3.45. The summed E-state index contributed by atoms with van der Waals surface area (Å²) in [7, 11) is 0. The largest absolute Gasteiger partial charge is 0.394 e. The summed E-state index contributed by atoms with van der Waals surface area (Å²) in [6.45, 7) is 4.14. The standard InChI is InChI=1S/C13H18N2OS/c1-3-10(9-16)15-12-6-5-7-13(17-4-2)11(12)8-14/h5-7,10,15-16H,3-4,9H2,1-2H3. The molecule has 0 aliphatic carbocycles. The van der Waals surface area contributed by atoms with Crippen LogP contribution in [0.15, 0.2) is 23.1 Å². The topological polar surface area (TPSA) is 56.0 Å². The number of rotatable bonds is 6. The van der Waals surface area contributed by atoms with E-state index >= 15 is 0 Å². The van der Waals surface area contributed by atoms with Gasteiger partial charge in [0.25, 0.3) is 0 Å². The number of thioether (sulfide) groups is 1. The van der Waals surface area contributed by atoms with Crippen molar-refractivity contribution in [2.45, 2.75) is 31.2 Å². The Morgan fingerprint density at radius 1 is 1.47 bits per heavy atom. The minimum absolute atomic E-state index is 0.00368. The van der Waals surface area contributed by atoms with E-state index in [1.165, 1.54) is 0 Å². The number of anilines is 1. The number of nitrogens with one attached hydrogen (secondary N) is 1. The SMILES string of the molecule is CCSc1cccc(NC(CC)CO)c1C#N. The highest BCUT2D eigenvalue weighted by Gasteiger charge is 2.11. The van der Waals surface area contributed by atoms with E-state index in [0.717, 1.165) is 22.8 Å². The van der Waals surface area contributed by atoms with Crippen molar-refractivity contribution in [3.63, 3.8) is 0 Å². The number of benzene rings is 1. The van der Waals surface area contributed by atoms with Crippen molar-refractivity contribution in [1.29, 1.82) is 5.26 Å². The van der Waals surface area contributed by atoms with Crippen molar-refractivity contribution in [2.24, 2.45) is 0 Å². The Morgan fingerprint density at radius 3 is 2.76 bits per heavy atom. The lowest BCUT2D eigenvalue weighted by Crippen LogP contribution is -2.23. The monoisotopic (exact) mass is 250 g/mol. The Bertz CT molecular complexity index is 397. The highest BCUT2D eigenvalue weighted by atomic mass is 32.2.